The molecular formula is C28H23Cl2F4N3O3. The van der Waals surface area contributed by atoms with E-state index in [0.717, 1.165) is 11.0 Å². The second-order valence-corrected chi connectivity index (χ2v) is 10.7. The zero-order valence-corrected chi connectivity index (χ0v) is 22.6. The van der Waals surface area contributed by atoms with Crippen molar-refractivity contribution in [1.82, 2.24) is 4.90 Å². The molecule has 2 amide bonds. The molecule has 2 aliphatic rings. The number of benzene rings is 3. The Kier molecular flexibility index (Phi) is 7.45. The zero-order chi connectivity index (χ0) is 28.9. The van der Waals surface area contributed by atoms with Gasteiger partial charge in [-0.25, -0.2) is 4.39 Å². The highest BCUT2D eigenvalue weighted by molar-refractivity contribution is 6.35. The van der Waals surface area contributed by atoms with Crippen LogP contribution in [0, 0.1) is 11.7 Å². The number of amides is 2. The summed E-state index contributed by atoms with van der Waals surface area (Å²) in [6.07, 6.45) is -4.94. The van der Waals surface area contributed by atoms with Gasteiger partial charge in [-0.05, 0) is 48.0 Å². The number of nitrogens with zero attached hydrogens (tertiary/aromatic N) is 3. The van der Waals surface area contributed by atoms with Crippen molar-refractivity contribution >= 4 is 46.4 Å². The van der Waals surface area contributed by atoms with Crippen LogP contribution in [0.1, 0.15) is 20.7 Å². The van der Waals surface area contributed by atoms with E-state index in [4.69, 9.17) is 23.2 Å². The van der Waals surface area contributed by atoms with Crippen molar-refractivity contribution in [2.45, 2.75) is 12.3 Å². The summed E-state index contributed by atoms with van der Waals surface area (Å²) in [5.74, 6) is -3.43. The molecule has 0 unspecified atom stereocenters. The summed E-state index contributed by atoms with van der Waals surface area (Å²) in [6, 6.07) is 13.3. The van der Waals surface area contributed by atoms with Crippen LogP contribution in [-0.2, 0) is 0 Å². The number of aliphatic hydroxyl groups excluding tert-OH is 1. The van der Waals surface area contributed by atoms with Gasteiger partial charge in [0.05, 0.1) is 34.0 Å². The van der Waals surface area contributed by atoms with E-state index in [-0.39, 0.29) is 48.4 Å². The molecule has 3 aromatic rings. The van der Waals surface area contributed by atoms with Crippen LogP contribution in [0.5, 0.6) is 0 Å². The maximum absolute atomic E-state index is 14.5. The molecule has 3 aromatic carbocycles. The van der Waals surface area contributed by atoms with Gasteiger partial charge in [0.1, 0.15) is 5.82 Å². The highest BCUT2D eigenvalue weighted by atomic mass is 35.5. The lowest BCUT2D eigenvalue weighted by Gasteiger charge is -2.43. The van der Waals surface area contributed by atoms with Gasteiger partial charge in [0.15, 0.2) is 0 Å². The normalized spacial score (nSPS) is 16.0. The van der Waals surface area contributed by atoms with E-state index >= 15 is 0 Å². The molecule has 0 atom stereocenters. The largest absolute Gasteiger partial charge is 0.395 e. The zero-order valence-electron chi connectivity index (χ0n) is 21.1. The number of rotatable bonds is 5. The minimum Gasteiger partial charge on any atom is -0.389 e. The van der Waals surface area contributed by atoms with Crippen molar-refractivity contribution in [3.05, 3.63) is 81.6 Å². The minimum atomic E-state index is -4.38. The summed E-state index contributed by atoms with van der Waals surface area (Å²) in [6.45, 7) is -0.216. The van der Waals surface area contributed by atoms with E-state index in [1.54, 1.807) is 30.3 Å². The van der Waals surface area contributed by atoms with Crippen LogP contribution in [0.15, 0.2) is 54.6 Å². The number of β-amino-alcohol motifs (C(OH)–C–C–N with tert-alkyl or cyclic N) is 1. The summed E-state index contributed by atoms with van der Waals surface area (Å²) in [4.78, 5) is 30.2. The molecule has 2 saturated heterocycles. The van der Waals surface area contributed by atoms with Gasteiger partial charge in [-0.2, -0.15) is 13.2 Å². The molecule has 0 bridgehead atoms. The second kappa shape index (κ2) is 10.6. The molecule has 0 saturated carbocycles. The Hall–Kier alpha value is -3.34. The Bertz CT molecular complexity index is 1470. The third kappa shape index (κ3) is 5.23. The lowest BCUT2D eigenvalue weighted by molar-refractivity contribution is -0.180. The van der Waals surface area contributed by atoms with Crippen LogP contribution in [-0.4, -0.2) is 67.3 Å². The van der Waals surface area contributed by atoms with Gasteiger partial charge in [0.25, 0.3) is 11.8 Å². The van der Waals surface area contributed by atoms with Crippen molar-refractivity contribution in [3.63, 3.8) is 0 Å². The third-order valence-electron chi connectivity index (χ3n) is 7.18. The molecule has 40 heavy (non-hydrogen) atoms. The fourth-order valence-corrected chi connectivity index (χ4v) is 5.24. The summed E-state index contributed by atoms with van der Waals surface area (Å²) in [5, 5.41) is 9.74. The SMILES string of the molecule is CN(C(=O)c1c(F)cccc1Cl)c1ccc(-c2cc(C(=O)N3CC(O)C3)ccc2Cl)cc1N1CC(C(F)(F)F)C1. The maximum atomic E-state index is 14.5. The van der Waals surface area contributed by atoms with E-state index in [1.165, 1.54) is 35.0 Å². The predicted molar refractivity (Wildman–Crippen MR) is 145 cm³/mol. The molecule has 0 aliphatic carbocycles. The van der Waals surface area contributed by atoms with Crippen molar-refractivity contribution in [3.8, 4) is 11.1 Å². The van der Waals surface area contributed by atoms with E-state index in [2.05, 4.69) is 0 Å². The fourth-order valence-electron chi connectivity index (χ4n) is 4.77. The van der Waals surface area contributed by atoms with Gasteiger partial charge >= 0.3 is 6.18 Å². The summed E-state index contributed by atoms with van der Waals surface area (Å²) < 4.78 is 54.4. The standard InChI is InChI=1S/C28H23Cl2F4N3O3/c1-35(27(40)25-21(30)3-2-4-22(25)31)23-8-6-15(10-24(23)36-11-17(12-36)28(32,33)34)19-9-16(5-7-20(19)29)26(39)37-13-18(38)14-37/h2-10,17-18,38H,11-14H2,1H3. The number of carbonyl (C=O) groups is 2. The Balaban J connectivity index is 1.53. The average Bonchev–Trinajstić information content (AvgIpc) is 2.84. The van der Waals surface area contributed by atoms with Gasteiger partial charge in [0, 0.05) is 49.4 Å². The monoisotopic (exact) mass is 595 g/mol. The van der Waals surface area contributed by atoms with Crippen molar-refractivity contribution in [2.75, 3.05) is 43.0 Å². The molecule has 5 rings (SSSR count). The molecule has 210 valence electrons. The minimum absolute atomic E-state index is 0.0981. The number of likely N-dealkylation sites (tertiary alicyclic amines) is 1. The molecule has 2 heterocycles. The first-order valence-electron chi connectivity index (χ1n) is 12.3. The third-order valence-corrected chi connectivity index (χ3v) is 7.82. The first kappa shape index (κ1) is 28.2. The fraction of sp³-hybridized carbons (Fsp3) is 0.286. The van der Waals surface area contributed by atoms with E-state index in [0.29, 0.717) is 27.4 Å². The average molecular weight is 596 g/mol. The van der Waals surface area contributed by atoms with Crippen molar-refractivity contribution < 1.29 is 32.3 Å². The number of halogens is 6. The Morgan fingerprint density at radius 1 is 0.975 bits per heavy atom. The van der Waals surface area contributed by atoms with Crippen LogP contribution in [0.4, 0.5) is 28.9 Å². The summed E-state index contributed by atoms with van der Waals surface area (Å²) in [5.41, 5.74) is 1.48. The maximum Gasteiger partial charge on any atom is 0.395 e. The van der Waals surface area contributed by atoms with Crippen LogP contribution >= 0.6 is 23.2 Å². The molecular weight excluding hydrogens is 573 g/mol. The smallest absolute Gasteiger partial charge is 0.389 e. The van der Waals surface area contributed by atoms with Crippen LogP contribution < -0.4 is 9.80 Å². The first-order valence-corrected chi connectivity index (χ1v) is 13.1. The number of hydrogen-bond acceptors (Lipinski definition) is 4. The quantitative estimate of drug-likeness (QED) is 0.374. The molecule has 0 radical (unpaired) electrons. The number of anilines is 2. The molecule has 1 N–H and O–H groups in total. The van der Waals surface area contributed by atoms with Crippen LogP contribution in [0.3, 0.4) is 0 Å². The van der Waals surface area contributed by atoms with Crippen molar-refractivity contribution in [2.24, 2.45) is 5.92 Å². The van der Waals surface area contributed by atoms with Gasteiger partial charge in [-0.1, -0.05) is 35.3 Å². The highest BCUT2D eigenvalue weighted by Crippen LogP contribution is 2.43. The second-order valence-electron chi connectivity index (χ2n) is 9.87. The molecule has 6 nitrogen and oxygen atoms in total. The summed E-state index contributed by atoms with van der Waals surface area (Å²) in [7, 11) is 1.39. The first-order chi connectivity index (χ1) is 18.8. The van der Waals surface area contributed by atoms with E-state index < -0.39 is 29.9 Å². The summed E-state index contributed by atoms with van der Waals surface area (Å²) >= 11 is 12.6. The highest BCUT2D eigenvalue weighted by Gasteiger charge is 2.48. The Morgan fingerprint density at radius 2 is 1.68 bits per heavy atom. The predicted octanol–water partition coefficient (Wildman–Crippen LogP) is 5.89. The molecule has 0 spiro atoms. The van der Waals surface area contributed by atoms with Gasteiger partial charge in [-0.15, -0.1) is 0 Å². The van der Waals surface area contributed by atoms with E-state index in [1.807, 2.05) is 0 Å². The Morgan fingerprint density at radius 3 is 2.30 bits per heavy atom. The lowest BCUT2D eigenvalue weighted by Crippen LogP contribution is -2.53. The number of hydrogen-bond donors (Lipinski definition) is 1. The number of alkyl halides is 3. The lowest BCUT2D eigenvalue weighted by atomic mass is 9.95. The van der Waals surface area contributed by atoms with Crippen LogP contribution in [0.25, 0.3) is 11.1 Å². The molecule has 12 heteroatoms. The van der Waals surface area contributed by atoms with Gasteiger partial charge in [0.2, 0.25) is 0 Å². The Labute approximate surface area is 237 Å². The number of carbonyl (C=O) groups excluding carboxylic acids is 2. The molecule has 0 aromatic heterocycles. The van der Waals surface area contributed by atoms with Crippen molar-refractivity contribution in [1.29, 1.82) is 0 Å². The molecule has 2 aliphatic heterocycles. The van der Waals surface area contributed by atoms with E-state index in [9.17, 15) is 32.3 Å². The van der Waals surface area contributed by atoms with Gasteiger partial charge in [-0.3, -0.25) is 9.59 Å². The number of aliphatic hydroxyl groups is 1. The van der Waals surface area contributed by atoms with Crippen LogP contribution in [0.2, 0.25) is 10.0 Å². The molecule has 2 fully saturated rings. The topological polar surface area (TPSA) is 64.1 Å². The van der Waals surface area contributed by atoms with Gasteiger partial charge < -0.3 is 19.8 Å².